The third-order valence-electron chi connectivity index (χ3n) is 4.26. The number of nitrogens with one attached hydrogen (secondary N) is 2. The summed E-state index contributed by atoms with van der Waals surface area (Å²) in [5.41, 5.74) is 2.25. The van der Waals surface area contributed by atoms with Gasteiger partial charge in [0.25, 0.3) is 11.8 Å². The third-order valence-corrected chi connectivity index (χ3v) is 4.26. The fourth-order valence-electron chi connectivity index (χ4n) is 2.78. The molecule has 0 heterocycles. The van der Waals surface area contributed by atoms with E-state index in [0.717, 1.165) is 11.5 Å². The molecular formula is C24H24N2O4. The van der Waals surface area contributed by atoms with Crippen molar-refractivity contribution in [3.05, 3.63) is 83.9 Å². The first-order chi connectivity index (χ1) is 14.6. The van der Waals surface area contributed by atoms with Gasteiger partial charge in [0, 0.05) is 22.5 Å². The molecule has 0 saturated heterocycles. The number of anilines is 2. The van der Waals surface area contributed by atoms with Crippen molar-refractivity contribution in [1.29, 1.82) is 0 Å². The van der Waals surface area contributed by atoms with Crippen LogP contribution in [0.25, 0.3) is 0 Å². The summed E-state index contributed by atoms with van der Waals surface area (Å²) >= 11 is 0. The molecule has 2 amide bonds. The van der Waals surface area contributed by atoms with Crippen LogP contribution in [0.5, 0.6) is 11.5 Å². The number of amides is 2. The van der Waals surface area contributed by atoms with Gasteiger partial charge in [-0.05, 0) is 86.6 Å². The first kappa shape index (κ1) is 20.9. The lowest BCUT2D eigenvalue weighted by Gasteiger charge is -2.09. The van der Waals surface area contributed by atoms with Gasteiger partial charge in [0.2, 0.25) is 0 Å². The molecule has 3 aromatic rings. The van der Waals surface area contributed by atoms with Crippen LogP contribution in [-0.4, -0.2) is 25.0 Å². The second-order valence-electron chi connectivity index (χ2n) is 6.40. The predicted octanol–water partition coefficient (Wildman–Crippen LogP) is 4.99. The van der Waals surface area contributed by atoms with E-state index in [4.69, 9.17) is 9.47 Å². The zero-order valence-electron chi connectivity index (χ0n) is 17.0. The van der Waals surface area contributed by atoms with E-state index < -0.39 is 0 Å². The second kappa shape index (κ2) is 10.1. The Morgan fingerprint density at radius 2 is 0.933 bits per heavy atom. The molecule has 0 saturated carbocycles. The van der Waals surface area contributed by atoms with Gasteiger partial charge >= 0.3 is 0 Å². The van der Waals surface area contributed by atoms with Crippen LogP contribution in [0.4, 0.5) is 11.4 Å². The summed E-state index contributed by atoms with van der Waals surface area (Å²) < 4.78 is 10.8. The van der Waals surface area contributed by atoms with E-state index in [2.05, 4.69) is 10.6 Å². The van der Waals surface area contributed by atoms with Crippen LogP contribution in [0.1, 0.15) is 34.6 Å². The molecule has 0 aliphatic carbocycles. The molecule has 0 aromatic heterocycles. The number of rotatable bonds is 8. The molecule has 0 aliphatic heterocycles. The highest BCUT2D eigenvalue weighted by molar-refractivity contribution is 6.07. The number of carbonyl (C=O) groups excluding carboxylic acids is 2. The number of hydrogen-bond acceptors (Lipinski definition) is 4. The number of ether oxygens (including phenoxy) is 2. The van der Waals surface area contributed by atoms with Gasteiger partial charge in [-0.15, -0.1) is 0 Å². The molecule has 3 aromatic carbocycles. The zero-order chi connectivity index (χ0) is 21.3. The maximum Gasteiger partial charge on any atom is 0.255 e. The summed E-state index contributed by atoms with van der Waals surface area (Å²) in [6, 6.07) is 20.8. The summed E-state index contributed by atoms with van der Waals surface area (Å²) in [6.07, 6.45) is 0. The summed E-state index contributed by atoms with van der Waals surface area (Å²) in [7, 11) is 0. The van der Waals surface area contributed by atoms with Gasteiger partial charge in [0.15, 0.2) is 0 Å². The Morgan fingerprint density at radius 3 is 1.23 bits per heavy atom. The standard InChI is InChI=1S/C24H24N2O4/c1-3-29-21-13-9-19(10-14-21)25-23(27)17-5-7-18(8-6-17)24(28)26-20-11-15-22(16-12-20)30-4-2/h5-16H,3-4H2,1-2H3,(H,25,27)(H,26,28). The lowest BCUT2D eigenvalue weighted by atomic mass is 10.1. The fourth-order valence-corrected chi connectivity index (χ4v) is 2.78. The van der Waals surface area contributed by atoms with E-state index in [1.165, 1.54) is 0 Å². The Morgan fingerprint density at radius 1 is 0.600 bits per heavy atom. The molecular weight excluding hydrogens is 380 g/mol. The molecule has 30 heavy (non-hydrogen) atoms. The Balaban J connectivity index is 1.59. The minimum Gasteiger partial charge on any atom is -0.494 e. The van der Waals surface area contributed by atoms with Crippen molar-refractivity contribution in [1.82, 2.24) is 0 Å². The van der Waals surface area contributed by atoms with Crippen molar-refractivity contribution in [2.24, 2.45) is 0 Å². The smallest absolute Gasteiger partial charge is 0.255 e. The van der Waals surface area contributed by atoms with Crippen LogP contribution in [0.3, 0.4) is 0 Å². The van der Waals surface area contributed by atoms with Crippen LogP contribution in [0.2, 0.25) is 0 Å². The van der Waals surface area contributed by atoms with Crippen molar-refractivity contribution in [3.63, 3.8) is 0 Å². The van der Waals surface area contributed by atoms with Crippen molar-refractivity contribution in [3.8, 4) is 11.5 Å². The molecule has 2 N–H and O–H groups in total. The molecule has 0 fully saturated rings. The second-order valence-corrected chi connectivity index (χ2v) is 6.40. The average molecular weight is 404 g/mol. The number of carbonyl (C=O) groups is 2. The van der Waals surface area contributed by atoms with Crippen LogP contribution in [-0.2, 0) is 0 Å². The highest BCUT2D eigenvalue weighted by Crippen LogP contribution is 2.18. The maximum atomic E-state index is 12.4. The maximum absolute atomic E-state index is 12.4. The Kier molecular flexibility index (Phi) is 7.05. The molecule has 6 heteroatoms. The predicted molar refractivity (Wildman–Crippen MR) is 118 cm³/mol. The first-order valence-electron chi connectivity index (χ1n) is 9.77. The van der Waals surface area contributed by atoms with Crippen molar-refractivity contribution < 1.29 is 19.1 Å². The minimum absolute atomic E-state index is 0.252. The van der Waals surface area contributed by atoms with E-state index in [1.807, 2.05) is 13.8 Å². The van der Waals surface area contributed by atoms with Crippen molar-refractivity contribution in [2.45, 2.75) is 13.8 Å². The SMILES string of the molecule is CCOc1ccc(NC(=O)c2ccc(C(=O)Nc3ccc(OCC)cc3)cc2)cc1. The molecule has 6 nitrogen and oxygen atoms in total. The molecule has 0 bridgehead atoms. The highest BCUT2D eigenvalue weighted by Gasteiger charge is 2.10. The highest BCUT2D eigenvalue weighted by atomic mass is 16.5. The van der Waals surface area contributed by atoms with Gasteiger partial charge in [-0.2, -0.15) is 0 Å². The largest absolute Gasteiger partial charge is 0.494 e. The normalized spacial score (nSPS) is 10.2. The molecule has 3 rings (SSSR count). The Hall–Kier alpha value is -3.80. The number of benzene rings is 3. The van der Waals surface area contributed by atoms with Crippen LogP contribution in [0.15, 0.2) is 72.8 Å². The molecule has 0 atom stereocenters. The van der Waals surface area contributed by atoms with Crippen molar-refractivity contribution in [2.75, 3.05) is 23.8 Å². The molecule has 0 aliphatic rings. The molecule has 0 radical (unpaired) electrons. The van der Waals surface area contributed by atoms with E-state index in [1.54, 1.807) is 72.8 Å². The molecule has 0 unspecified atom stereocenters. The van der Waals surface area contributed by atoms with Gasteiger partial charge in [-0.1, -0.05) is 0 Å². The number of hydrogen-bond donors (Lipinski definition) is 2. The van der Waals surface area contributed by atoms with E-state index in [9.17, 15) is 9.59 Å². The summed E-state index contributed by atoms with van der Waals surface area (Å²) in [4.78, 5) is 24.9. The molecule has 154 valence electrons. The summed E-state index contributed by atoms with van der Waals surface area (Å²) in [5.74, 6) is 0.993. The Bertz CT molecular complexity index is 899. The van der Waals surface area contributed by atoms with Gasteiger partial charge in [0.1, 0.15) is 11.5 Å². The van der Waals surface area contributed by atoms with E-state index in [0.29, 0.717) is 35.7 Å². The van der Waals surface area contributed by atoms with Crippen LogP contribution in [0, 0.1) is 0 Å². The average Bonchev–Trinajstić information content (AvgIpc) is 2.77. The Labute approximate surface area is 175 Å². The third kappa shape index (κ3) is 5.61. The van der Waals surface area contributed by atoms with Crippen molar-refractivity contribution >= 4 is 23.2 Å². The van der Waals surface area contributed by atoms with Crippen LogP contribution >= 0.6 is 0 Å². The van der Waals surface area contributed by atoms with Gasteiger partial charge in [0.05, 0.1) is 13.2 Å². The molecule has 0 spiro atoms. The van der Waals surface area contributed by atoms with E-state index in [-0.39, 0.29) is 11.8 Å². The zero-order valence-corrected chi connectivity index (χ0v) is 17.0. The van der Waals surface area contributed by atoms with Gasteiger partial charge < -0.3 is 20.1 Å². The lowest BCUT2D eigenvalue weighted by Crippen LogP contribution is -2.14. The topological polar surface area (TPSA) is 76.7 Å². The summed E-state index contributed by atoms with van der Waals surface area (Å²) in [6.45, 7) is 5.00. The lowest BCUT2D eigenvalue weighted by molar-refractivity contribution is 0.101. The first-order valence-corrected chi connectivity index (χ1v) is 9.77. The minimum atomic E-state index is -0.252. The monoisotopic (exact) mass is 404 g/mol. The summed E-state index contributed by atoms with van der Waals surface area (Å²) in [5, 5.41) is 5.65. The fraction of sp³-hybridized carbons (Fsp3) is 0.167. The van der Waals surface area contributed by atoms with E-state index >= 15 is 0 Å². The quantitative estimate of drug-likeness (QED) is 0.555. The van der Waals surface area contributed by atoms with Gasteiger partial charge in [-0.25, -0.2) is 0 Å². The van der Waals surface area contributed by atoms with Gasteiger partial charge in [-0.3, -0.25) is 9.59 Å². The van der Waals surface area contributed by atoms with Crippen LogP contribution < -0.4 is 20.1 Å².